The summed E-state index contributed by atoms with van der Waals surface area (Å²) in [6, 6.07) is 0.333. The van der Waals surface area contributed by atoms with Crippen molar-refractivity contribution in [3.8, 4) is 0 Å². The first-order chi connectivity index (χ1) is 2.73. The molecule has 3 heteroatoms. The van der Waals surface area contributed by atoms with E-state index in [4.69, 9.17) is 5.73 Å². The van der Waals surface area contributed by atoms with E-state index in [0.717, 1.165) is 0 Å². The van der Waals surface area contributed by atoms with Crippen LogP contribution in [0.25, 0.3) is 0 Å². The molecule has 0 rings (SSSR count). The maximum atomic E-state index is 5.11. The van der Waals surface area contributed by atoms with Gasteiger partial charge in [-0.1, -0.05) is 13.8 Å². The van der Waals surface area contributed by atoms with Gasteiger partial charge in [0.15, 0.2) is 0 Å². The summed E-state index contributed by atoms with van der Waals surface area (Å²) in [6.07, 6.45) is 0. The van der Waals surface area contributed by atoms with Crippen LogP contribution in [0.2, 0.25) is 0 Å². The molecule has 0 atom stereocenters. The van der Waals surface area contributed by atoms with E-state index in [2.05, 4.69) is 37.2 Å². The molecule has 0 aromatic carbocycles. The van der Waals surface area contributed by atoms with Gasteiger partial charge < -0.3 is 5.73 Å². The first-order valence-corrected chi connectivity index (χ1v) is 7.92. The highest BCUT2D eigenvalue weighted by molar-refractivity contribution is 15.0. The molecule has 0 aromatic rings. The van der Waals surface area contributed by atoms with Crippen molar-refractivity contribution in [1.29, 1.82) is 0 Å². The molecule has 0 aliphatic heterocycles. The molecule has 0 radical (unpaired) electrons. The average Bonchev–Trinajstić information content (AvgIpc) is 1.41. The van der Waals surface area contributed by atoms with E-state index in [1.54, 1.807) is 0 Å². The smallest absolute Gasteiger partial charge is 0 e. The molecule has 0 bridgehead atoms. The Kier molecular flexibility index (Phi) is 16.7. The third kappa shape index (κ3) is 52.5. The first kappa shape index (κ1) is 10.4. The largest absolute Gasteiger partial charge is 0.328 e. The number of rotatable bonds is 0. The lowest BCUT2D eigenvalue weighted by Gasteiger charge is -1.81. The highest BCUT2D eigenvalue weighted by Crippen LogP contribution is 1.89. The molecule has 0 saturated carbocycles. The SMILES string of the molecule is CC(C)N.II. The lowest BCUT2D eigenvalue weighted by atomic mass is 10.5. The van der Waals surface area contributed by atoms with Gasteiger partial charge in [-0.2, -0.15) is 0 Å². The molecule has 0 aliphatic rings. The Balaban J connectivity index is 0. The maximum Gasteiger partial charge on any atom is 0 e. The summed E-state index contributed by atoms with van der Waals surface area (Å²) in [5.74, 6) is 0. The second-order valence-electron chi connectivity index (χ2n) is 1.24. The summed E-state index contributed by atoms with van der Waals surface area (Å²) in [5, 5.41) is 0. The fraction of sp³-hybridized carbons (Fsp3) is 1.00. The van der Waals surface area contributed by atoms with Crippen LogP contribution in [-0.2, 0) is 0 Å². The van der Waals surface area contributed by atoms with Crippen LogP contribution in [-0.4, -0.2) is 6.04 Å². The zero-order valence-corrected chi connectivity index (χ0v) is 8.23. The second-order valence-corrected chi connectivity index (χ2v) is 1.24. The Morgan fingerprint density at radius 2 is 1.33 bits per heavy atom. The summed E-state index contributed by atoms with van der Waals surface area (Å²) in [7, 11) is 0. The quantitative estimate of drug-likeness (QED) is 0.681. The lowest BCUT2D eigenvalue weighted by molar-refractivity contribution is 0.834. The highest BCUT2D eigenvalue weighted by atomic mass is 128. The normalized spacial score (nSPS) is 7.00. The zero-order valence-electron chi connectivity index (χ0n) is 3.91. The summed E-state index contributed by atoms with van der Waals surface area (Å²) in [6.45, 7) is 3.89. The molecule has 2 N–H and O–H groups in total. The summed E-state index contributed by atoms with van der Waals surface area (Å²) in [5.41, 5.74) is 5.11. The van der Waals surface area contributed by atoms with Crippen LogP contribution in [0.3, 0.4) is 0 Å². The van der Waals surface area contributed by atoms with Crippen molar-refractivity contribution < 1.29 is 0 Å². The van der Waals surface area contributed by atoms with Crippen LogP contribution < -0.4 is 5.73 Å². The van der Waals surface area contributed by atoms with E-state index >= 15 is 0 Å². The maximum absolute atomic E-state index is 5.11. The van der Waals surface area contributed by atoms with Gasteiger partial charge in [0.2, 0.25) is 0 Å². The predicted octanol–water partition coefficient (Wildman–Crippen LogP) is 2.12. The Morgan fingerprint density at radius 3 is 1.33 bits per heavy atom. The van der Waals surface area contributed by atoms with E-state index in [1.165, 1.54) is 0 Å². The fourth-order valence-electron chi connectivity index (χ4n) is 0. The molecule has 0 unspecified atom stereocenters. The minimum Gasteiger partial charge on any atom is -0.328 e. The number of hydrogen-bond donors (Lipinski definition) is 1. The molecule has 0 amide bonds. The first-order valence-electron chi connectivity index (χ1n) is 1.63. The van der Waals surface area contributed by atoms with Gasteiger partial charge in [0.1, 0.15) is 0 Å². The molecule has 0 saturated heterocycles. The molecular weight excluding hydrogens is 304 g/mol. The van der Waals surface area contributed by atoms with Gasteiger partial charge in [0, 0.05) is 37.2 Å². The van der Waals surface area contributed by atoms with Gasteiger partial charge >= 0.3 is 0 Å². The molecule has 0 fully saturated rings. The molecule has 0 aliphatic carbocycles. The Labute approximate surface area is 62.4 Å². The van der Waals surface area contributed by atoms with E-state index in [1.807, 2.05) is 13.8 Å². The minimum atomic E-state index is 0.333. The van der Waals surface area contributed by atoms with Crippen LogP contribution >= 0.6 is 37.2 Å². The molecule has 40 valence electrons. The van der Waals surface area contributed by atoms with Crippen molar-refractivity contribution in [2.24, 2.45) is 5.73 Å². The van der Waals surface area contributed by atoms with Crippen LogP contribution in [0.5, 0.6) is 0 Å². The summed E-state index contributed by atoms with van der Waals surface area (Å²) >= 11 is 4.24. The number of hydrogen-bond acceptors (Lipinski definition) is 1. The topological polar surface area (TPSA) is 26.0 Å². The highest BCUT2D eigenvalue weighted by Gasteiger charge is 1.67. The Morgan fingerprint density at radius 1 is 1.33 bits per heavy atom. The molecule has 0 heterocycles. The van der Waals surface area contributed by atoms with E-state index in [-0.39, 0.29) is 0 Å². The Bertz CT molecular complexity index is 13.5. The fourth-order valence-corrected chi connectivity index (χ4v) is 0. The van der Waals surface area contributed by atoms with E-state index in [9.17, 15) is 0 Å². The third-order valence-corrected chi connectivity index (χ3v) is 0. The van der Waals surface area contributed by atoms with Crippen molar-refractivity contribution in [3.63, 3.8) is 0 Å². The summed E-state index contributed by atoms with van der Waals surface area (Å²) in [4.78, 5) is 0. The molecule has 6 heavy (non-hydrogen) atoms. The van der Waals surface area contributed by atoms with Gasteiger partial charge in [-0.15, -0.1) is 0 Å². The molecular formula is C3H9I2N. The van der Waals surface area contributed by atoms with E-state index in [0.29, 0.717) is 6.04 Å². The van der Waals surface area contributed by atoms with E-state index < -0.39 is 0 Å². The van der Waals surface area contributed by atoms with Crippen molar-refractivity contribution >= 4 is 37.2 Å². The minimum absolute atomic E-state index is 0.333. The average molecular weight is 313 g/mol. The van der Waals surface area contributed by atoms with Crippen LogP contribution in [0.15, 0.2) is 0 Å². The van der Waals surface area contributed by atoms with Crippen LogP contribution in [0.4, 0.5) is 0 Å². The monoisotopic (exact) mass is 313 g/mol. The van der Waals surface area contributed by atoms with Gasteiger partial charge in [-0.05, 0) is 6.04 Å². The second kappa shape index (κ2) is 9.65. The Hall–Kier alpha value is 1.42. The molecule has 1 nitrogen and oxygen atoms in total. The molecule has 0 aromatic heterocycles. The lowest BCUT2D eigenvalue weighted by Crippen LogP contribution is -2.06. The van der Waals surface area contributed by atoms with Gasteiger partial charge in [-0.3, -0.25) is 0 Å². The van der Waals surface area contributed by atoms with Crippen molar-refractivity contribution in [3.05, 3.63) is 0 Å². The zero-order chi connectivity index (χ0) is 5.58. The van der Waals surface area contributed by atoms with Gasteiger partial charge in [0.05, 0.1) is 0 Å². The van der Waals surface area contributed by atoms with Crippen molar-refractivity contribution in [1.82, 2.24) is 0 Å². The number of nitrogens with two attached hydrogens (primary N) is 1. The van der Waals surface area contributed by atoms with Crippen molar-refractivity contribution in [2.75, 3.05) is 0 Å². The third-order valence-electron chi connectivity index (χ3n) is 0. The van der Waals surface area contributed by atoms with Crippen LogP contribution in [0.1, 0.15) is 13.8 Å². The van der Waals surface area contributed by atoms with Gasteiger partial charge in [0.25, 0.3) is 0 Å². The van der Waals surface area contributed by atoms with Crippen molar-refractivity contribution in [2.45, 2.75) is 19.9 Å². The standard InChI is InChI=1S/C3H9N.I2/c1-3(2)4;1-2/h3H,4H2,1-2H3;. The number of halogens is 2. The van der Waals surface area contributed by atoms with Gasteiger partial charge in [-0.25, -0.2) is 0 Å². The predicted molar refractivity (Wildman–Crippen MR) is 47.4 cm³/mol. The molecule has 0 spiro atoms. The van der Waals surface area contributed by atoms with Crippen LogP contribution in [0, 0.1) is 0 Å². The summed E-state index contributed by atoms with van der Waals surface area (Å²) < 4.78 is 0.